The van der Waals surface area contributed by atoms with Crippen molar-refractivity contribution < 1.29 is 9.13 Å². The molecule has 0 saturated heterocycles. The largest absolute Gasteiger partial charge is 0.439 e. The molecule has 0 amide bonds. The van der Waals surface area contributed by atoms with Crippen LogP contribution in [-0.2, 0) is 6.54 Å². The van der Waals surface area contributed by atoms with Crippen molar-refractivity contribution in [2.45, 2.75) is 27.3 Å². The van der Waals surface area contributed by atoms with Gasteiger partial charge in [0.15, 0.2) is 0 Å². The van der Waals surface area contributed by atoms with E-state index in [1.165, 1.54) is 6.07 Å². The normalized spacial score (nSPS) is 10.6. The molecule has 2 aromatic rings. The van der Waals surface area contributed by atoms with Crippen LogP contribution < -0.4 is 10.1 Å². The lowest BCUT2D eigenvalue weighted by Crippen LogP contribution is -2.12. The van der Waals surface area contributed by atoms with Gasteiger partial charge in [-0.15, -0.1) is 0 Å². The Kier molecular flexibility index (Phi) is 4.69. The van der Waals surface area contributed by atoms with Gasteiger partial charge in [0, 0.05) is 24.4 Å². The topological polar surface area (TPSA) is 34.2 Å². The number of hydrogen-bond donors (Lipinski definition) is 1. The van der Waals surface area contributed by atoms with Gasteiger partial charge in [-0.05, 0) is 43.7 Å². The van der Waals surface area contributed by atoms with Gasteiger partial charge in [-0.2, -0.15) is 0 Å². The molecule has 0 radical (unpaired) electrons. The van der Waals surface area contributed by atoms with Crippen LogP contribution in [0.5, 0.6) is 11.6 Å². The minimum atomic E-state index is -0.274. The maximum Gasteiger partial charge on any atom is 0.222 e. The zero-order valence-electron chi connectivity index (χ0n) is 12.0. The first kappa shape index (κ1) is 14.5. The molecule has 0 aliphatic carbocycles. The van der Waals surface area contributed by atoms with Gasteiger partial charge in [-0.3, -0.25) is 0 Å². The first-order valence-electron chi connectivity index (χ1n) is 6.70. The molecular formula is C16H19FN2O. The summed E-state index contributed by atoms with van der Waals surface area (Å²) >= 11 is 0. The van der Waals surface area contributed by atoms with E-state index in [2.05, 4.69) is 17.2 Å². The quantitative estimate of drug-likeness (QED) is 0.902. The van der Waals surface area contributed by atoms with Crippen molar-refractivity contribution in [1.82, 2.24) is 10.3 Å². The lowest BCUT2D eigenvalue weighted by Gasteiger charge is -2.10. The lowest BCUT2D eigenvalue weighted by atomic mass is 10.2. The summed E-state index contributed by atoms with van der Waals surface area (Å²) in [4.78, 5) is 4.29. The fourth-order valence-electron chi connectivity index (χ4n) is 1.84. The highest BCUT2D eigenvalue weighted by Crippen LogP contribution is 2.24. The monoisotopic (exact) mass is 274 g/mol. The molecule has 0 aliphatic rings. The predicted molar refractivity (Wildman–Crippen MR) is 77.6 cm³/mol. The van der Waals surface area contributed by atoms with Crippen molar-refractivity contribution in [2.24, 2.45) is 0 Å². The molecule has 106 valence electrons. The van der Waals surface area contributed by atoms with Crippen LogP contribution in [0.3, 0.4) is 0 Å². The van der Waals surface area contributed by atoms with Crippen LogP contribution in [0.4, 0.5) is 4.39 Å². The molecule has 1 N–H and O–H groups in total. The van der Waals surface area contributed by atoms with Crippen LogP contribution in [-0.4, -0.2) is 11.5 Å². The second-order valence-electron chi connectivity index (χ2n) is 4.76. The number of pyridine rings is 1. The summed E-state index contributed by atoms with van der Waals surface area (Å²) in [6.07, 6.45) is 1.77. The fraction of sp³-hybridized carbons (Fsp3) is 0.312. The summed E-state index contributed by atoms with van der Waals surface area (Å²) in [6.45, 7) is 7.41. The van der Waals surface area contributed by atoms with Crippen LogP contribution in [0.1, 0.15) is 23.6 Å². The Morgan fingerprint density at radius 2 is 2.00 bits per heavy atom. The van der Waals surface area contributed by atoms with Crippen LogP contribution in [0.15, 0.2) is 30.5 Å². The Morgan fingerprint density at radius 1 is 1.20 bits per heavy atom. The van der Waals surface area contributed by atoms with Crippen molar-refractivity contribution in [1.29, 1.82) is 0 Å². The molecule has 4 heteroatoms. The zero-order chi connectivity index (χ0) is 14.5. The van der Waals surface area contributed by atoms with Crippen molar-refractivity contribution >= 4 is 0 Å². The number of hydrogen-bond acceptors (Lipinski definition) is 3. The molecule has 20 heavy (non-hydrogen) atoms. The molecule has 3 nitrogen and oxygen atoms in total. The molecular weight excluding hydrogens is 255 g/mol. The number of aromatic nitrogens is 1. The smallest absolute Gasteiger partial charge is 0.222 e. The van der Waals surface area contributed by atoms with Crippen molar-refractivity contribution in [3.05, 3.63) is 53.0 Å². The third-order valence-electron chi connectivity index (χ3n) is 3.02. The Balaban J connectivity index is 2.14. The van der Waals surface area contributed by atoms with Gasteiger partial charge in [0.2, 0.25) is 5.88 Å². The van der Waals surface area contributed by atoms with Crippen LogP contribution in [0.2, 0.25) is 0 Å². The van der Waals surface area contributed by atoms with E-state index in [4.69, 9.17) is 4.74 Å². The highest BCUT2D eigenvalue weighted by atomic mass is 19.1. The Hall–Kier alpha value is -1.94. The Labute approximate surface area is 118 Å². The summed E-state index contributed by atoms with van der Waals surface area (Å²) in [5.74, 6) is 0.695. The van der Waals surface area contributed by atoms with E-state index in [1.807, 2.05) is 13.0 Å². The first-order valence-corrected chi connectivity index (χ1v) is 6.70. The molecule has 1 aromatic heterocycles. The molecule has 1 aromatic carbocycles. The minimum Gasteiger partial charge on any atom is -0.439 e. The number of nitrogens with one attached hydrogen (secondary N) is 1. The average molecular weight is 274 g/mol. The van der Waals surface area contributed by atoms with E-state index in [1.54, 1.807) is 25.3 Å². The van der Waals surface area contributed by atoms with Gasteiger partial charge in [0.25, 0.3) is 0 Å². The van der Waals surface area contributed by atoms with E-state index < -0.39 is 0 Å². The average Bonchev–Trinajstić information content (AvgIpc) is 2.43. The molecule has 1 heterocycles. The standard InChI is InChI=1S/C16H19FN2O/c1-4-18-9-13-7-12(3)16(19-10-13)20-14-6-5-11(2)15(17)8-14/h5-8,10,18H,4,9H2,1-3H3. The number of nitrogens with zero attached hydrogens (tertiary/aromatic N) is 1. The first-order chi connectivity index (χ1) is 9.60. The molecule has 2 rings (SSSR count). The molecule has 0 fully saturated rings. The van der Waals surface area contributed by atoms with Gasteiger partial charge in [0.1, 0.15) is 11.6 Å². The van der Waals surface area contributed by atoms with Gasteiger partial charge >= 0.3 is 0 Å². The maximum absolute atomic E-state index is 13.5. The summed E-state index contributed by atoms with van der Waals surface area (Å²) in [5, 5.41) is 3.24. The van der Waals surface area contributed by atoms with Gasteiger partial charge in [-0.1, -0.05) is 13.0 Å². The number of ether oxygens (including phenoxy) is 1. The third-order valence-corrected chi connectivity index (χ3v) is 3.02. The van der Waals surface area contributed by atoms with Gasteiger partial charge in [-0.25, -0.2) is 9.37 Å². The van der Waals surface area contributed by atoms with E-state index in [0.717, 1.165) is 24.2 Å². The van der Waals surface area contributed by atoms with Crippen molar-refractivity contribution in [3.63, 3.8) is 0 Å². The summed E-state index contributed by atoms with van der Waals surface area (Å²) < 4.78 is 19.1. The molecule has 0 atom stereocenters. The molecule has 0 spiro atoms. The highest BCUT2D eigenvalue weighted by Gasteiger charge is 2.06. The number of rotatable bonds is 5. The van der Waals surface area contributed by atoms with Crippen LogP contribution in [0, 0.1) is 19.7 Å². The van der Waals surface area contributed by atoms with Crippen molar-refractivity contribution in [2.75, 3.05) is 6.54 Å². The second-order valence-corrected chi connectivity index (χ2v) is 4.76. The van der Waals surface area contributed by atoms with Crippen LogP contribution >= 0.6 is 0 Å². The fourth-order valence-corrected chi connectivity index (χ4v) is 1.84. The number of aryl methyl sites for hydroxylation is 2. The zero-order valence-corrected chi connectivity index (χ0v) is 12.0. The number of benzene rings is 1. The minimum absolute atomic E-state index is 0.274. The summed E-state index contributed by atoms with van der Waals surface area (Å²) in [6, 6.07) is 6.84. The Bertz CT molecular complexity index is 599. The van der Waals surface area contributed by atoms with Crippen molar-refractivity contribution in [3.8, 4) is 11.6 Å². The predicted octanol–water partition coefficient (Wildman–Crippen LogP) is 3.74. The highest BCUT2D eigenvalue weighted by molar-refractivity contribution is 5.35. The molecule has 0 unspecified atom stereocenters. The van der Waals surface area contributed by atoms with E-state index in [0.29, 0.717) is 17.2 Å². The SMILES string of the molecule is CCNCc1cnc(Oc2ccc(C)c(F)c2)c(C)c1. The summed E-state index contributed by atoms with van der Waals surface area (Å²) in [7, 11) is 0. The Morgan fingerprint density at radius 3 is 2.65 bits per heavy atom. The van der Waals surface area contributed by atoms with E-state index in [-0.39, 0.29) is 5.82 Å². The summed E-state index contributed by atoms with van der Waals surface area (Å²) in [5.41, 5.74) is 2.64. The second kappa shape index (κ2) is 6.48. The number of halogens is 1. The van der Waals surface area contributed by atoms with E-state index >= 15 is 0 Å². The molecule has 0 aliphatic heterocycles. The molecule has 0 saturated carbocycles. The van der Waals surface area contributed by atoms with Gasteiger partial charge < -0.3 is 10.1 Å². The third kappa shape index (κ3) is 3.54. The van der Waals surface area contributed by atoms with E-state index in [9.17, 15) is 4.39 Å². The van der Waals surface area contributed by atoms with Gasteiger partial charge in [0.05, 0.1) is 0 Å². The maximum atomic E-state index is 13.5. The lowest BCUT2D eigenvalue weighted by molar-refractivity contribution is 0.453. The molecule has 0 bridgehead atoms. The van der Waals surface area contributed by atoms with Crippen LogP contribution in [0.25, 0.3) is 0 Å².